The molecule has 0 heterocycles. The van der Waals surface area contributed by atoms with Crippen LogP contribution in [0.25, 0.3) is 0 Å². The van der Waals surface area contributed by atoms with Crippen molar-refractivity contribution < 1.29 is 18.3 Å². The number of hydrogen-bond donors (Lipinski definition) is 0. The number of hydrogen-bond acceptors (Lipinski definition) is 2. The molecule has 2 nitrogen and oxygen atoms in total. The molecule has 2 atom stereocenters. The Kier molecular flexibility index (Phi) is 10.7. The molecule has 0 aromatic heterocycles. The Morgan fingerprint density at radius 3 is 2.00 bits per heavy atom. The molecule has 4 heteroatoms. The third-order valence-corrected chi connectivity index (χ3v) is 9.34. The average Bonchev–Trinajstić information content (AvgIpc) is 2.91. The van der Waals surface area contributed by atoms with E-state index in [4.69, 9.17) is 9.47 Å². The number of ether oxygens (including phenoxy) is 2. The molecule has 3 aliphatic carbocycles. The second kappa shape index (κ2) is 13.9. The molecule has 0 amide bonds. The van der Waals surface area contributed by atoms with Gasteiger partial charge in [-0.3, -0.25) is 0 Å². The number of allylic oxidation sites excluding steroid dienone is 1. The number of benzene rings is 1. The predicted octanol–water partition coefficient (Wildman–Crippen LogP) is 9.38. The van der Waals surface area contributed by atoms with E-state index < -0.39 is 11.6 Å². The van der Waals surface area contributed by atoms with E-state index >= 15 is 0 Å². The van der Waals surface area contributed by atoms with Crippen LogP contribution >= 0.6 is 0 Å². The molecule has 0 N–H and O–H groups in total. The van der Waals surface area contributed by atoms with Crippen LogP contribution in [0.5, 0.6) is 5.75 Å². The lowest BCUT2D eigenvalue weighted by molar-refractivity contribution is 0.0842. The first-order valence-electron chi connectivity index (χ1n) is 15.0. The fourth-order valence-electron chi connectivity index (χ4n) is 7.21. The van der Waals surface area contributed by atoms with Crippen LogP contribution in [0.3, 0.4) is 0 Å². The van der Waals surface area contributed by atoms with E-state index in [2.05, 4.69) is 6.92 Å². The highest BCUT2D eigenvalue weighted by Gasteiger charge is 2.30. The Morgan fingerprint density at radius 2 is 1.42 bits per heavy atom. The van der Waals surface area contributed by atoms with E-state index in [1.54, 1.807) is 12.1 Å². The van der Waals surface area contributed by atoms with Crippen molar-refractivity contribution in [2.24, 2.45) is 23.7 Å². The normalized spacial score (nSPS) is 30.9. The predicted molar refractivity (Wildman–Crippen MR) is 143 cm³/mol. The van der Waals surface area contributed by atoms with Crippen LogP contribution in [0.1, 0.15) is 115 Å². The van der Waals surface area contributed by atoms with Crippen molar-refractivity contribution in [3.63, 3.8) is 0 Å². The van der Waals surface area contributed by atoms with E-state index in [0.29, 0.717) is 18.8 Å². The summed E-state index contributed by atoms with van der Waals surface area (Å²) < 4.78 is 40.9. The minimum Gasteiger partial charge on any atom is -0.490 e. The fourth-order valence-corrected chi connectivity index (χ4v) is 7.21. The van der Waals surface area contributed by atoms with Gasteiger partial charge < -0.3 is 9.47 Å². The molecular weight excluding hydrogens is 454 g/mol. The first kappa shape index (κ1) is 27.6. The van der Waals surface area contributed by atoms with Crippen LogP contribution < -0.4 is 4.74 Å². The molecule has 1 aromatic carbocycles. The van der Waals surface area contributed by atoms with E-state index in [-0.39, 0.29) is 17.8 Å². The molecule has 0 spiro atoms. The monoisotopic (exact) mass is 502 g/mol. The van der Waals surface area contributed by atoms with Crippen molar-refractivity contribution in [1.29, 1.82) is 0 Å². The number of rotatable bonds is 11. The molecule has 4 rings (SSSR count). The van der Waals surface area contributed by atoms with Crippen LogP contribution in [0.15, 0.2) is 24.3 Å². The number of halogens is 2. The SMILES string of the molecule is CCCC1CCC(C2CCC(CCCOc3ccc(C4C=CC(OCC)CC4)c(F)c3F)CC2)CC1. The van der Waals surface area contributed by atoms with Gasteiger partial charge in [-0.25, -0.2) is 4.39 Å². The van der Waals surface area contributed by atoms with Crippen molar-refractivity contribution in [1.82, 2.24) is 0 Å². The Balaban J connectivity index is 1.16. The second-order valence-corrected chi connectivity index (χ2v) is 11.7. The van der Waals surface area contributed by atoms with Gasteiger partial charge in [0.05, 0.1) is 12.7 Å². The van der Waals surface area contributed by atoms with Crippen LogP contribution in [0.2, 0.25) is 0 Å². The lowest BCUT2D eigenvalue weighted by atomic mass is 9.68. The van der Waals surface area contributed by atoms with E-state index in [0.717, 1.165) is 49.4 Å². The van der Waals surface area contributed by atoms with Crippen LogP contribution in [-0.2, 0) is 4.74 Å². The molecule has 3 aliphatic rings. The van der Waals surface area contributed by atoms with E-state index in [9.17, 15) is 8.78 Å². The van der Waals surface area contributed by atoms with Gasteiger partial charge in [0, 0.05) is 12.5 Å². The average molecular weight is 503 g/mol. The van der Waals surface area contributed by atoms with Crippen LogP contribution in [0.4, 0.5) is 8.78 Å². The van der Waals surface area contributed by atoms with Gasteiger partial charge in [0.25, 0.3) is 0 Å². The van der Waals surface area contributed by atoms with Gasteiger partial charge in [0.1, 0.15) is 0 Å². The van der Waals surface area contributed by atoms with Crippen molar-refractivity contribution >= 4 is 0 Å². The van der Waals surface area contributed by atoms with E-state index in [1.165, 1.54) is 64.2 Å². The standard InChI is InChI=1S/C32H48F2O2/c1-3-6-23-8-12-25(13-9-23)26-14-10-24(11-15-26)7-5-22-36-30-21-20-29(31(33)32(30)34)27-16-18-28(19-17-27)35-4-2/h16,18,20-21,23-28H,3-15,17,19,22H2,1-2H3. The highest BCUT2D eigenvalue weighted by molar-refractivity contribution is 5.35. The quantitative estimate of drug-likeness (QED) is 0.222. The summed E-state index contributed by atoms with van der Waals surface area (Å²) in [6, 6.07) is 3.30. The first-order chi connectivity index (χ1) is 17.6. The summed E-state index contributed by atoms with van der Waals surface area (Å²) in [6.45, 7) is 5.40. The summed E-state index contributed by atoms with van der Waals surface area (Å²) >= 11 is 0. The molecule has 0 radical (unpaired) electrons. The zero-order chi connectivity index (χ0) is 25.3. The summed E-state index contributed by atoms with van der Waals surface area (Å²) in [5, 5.41) is 0. The summed E-state index contributed by atoms with van der Waals surface area (Å²) in [7, 11) is 0. The van der Waals surface area contributed by atoms with Gasteiger partial charge in [0.2, 0.25) is 5.82 Å². The topological polar surface area (TPSA) is 18.5 Å². The zero-order valence-electron chi connectivity index (χ0n) is 22.7. The van der Waals surface area contributed by atoms with Gasteiger partial charge in [-0.2, -0.15) is 4.39 Å². The summed E-state index contributed by atoms with van der Waals surface area (Å²) in [5.74, 6) is 2.01. The highest BCUT2D eigenvalue weighted by atomic mass is 19.2. The smallest absolute Gasteiger partial charge is 0.200 e. The molecule has 0 saturated heterocycles. The Labute approximate surface area is 218 Å². The van der Waals surface area contributed by atoms with Crippen molar-refractivity contribution in [2.75, 3.05) is 13.2 Å². The molecule has 2 unspecified atom stereocenters. The van der Waals surface area contributed by atoms with Crippen molar-refractivity contribution in [3.05, 3.63) is 41.5 Å². The van der Waals surface area contributed by atoms with E-state index in [1.807, 2.05) is 19.1 Å². The fraction of sp³-hybridized carbons (Fsp3) is 0.750. The molecule has 0 aliphatic heterocycles. The van der Waals surface area contributed by atoms with Crippen molar-refractivity contribution in [2.45, 2.75) is 116 Å². The lowest BCUT2D eigenvalue weighted by Gasteiger charge is -2.38. The zero-order valence-corrected chi connectivity index (χ0v) is 22.7. The molecule has 0 bridgehead atoms. The highest BCUT2D eigenvalue weighted by Crippen LogP contribution is 2.43. The van der Waals surface area contributed by atoms with Gasteiger partial charge in [-0.1, -0.05) is 63.7 Å². The molecule has 1 aromatic rings. The van der Waals surface area contributed by atoms with Gasteiger partial charge in [0.15, 0.2) is 11.6 Å². The Bertz CT molecular complexity index is 822. The first-order valence-corrected chi connectivity index (χ1v) is 15.0. The third-order valence-electron chi connectivity index (χ3n) is 9.34. The van der Waals surface area contributed by atoms with Gasteiger partial charge >= 0.3 is 0 Å². The Hall–Kier alpha value is -1.42. The van der Waals surface area contributed by atoms with Crippen molar-refractivity contribution in [3.8, 4) is 5.75 Å². The van der Waals surface area contributed by atoms with Crippen LogP contribution in [-0.4, -0.2) is 19.3 Å². The minimum atomic E-state index is -0.845. The van der Waals surface area contributed by atoms with Crippen LogP contribution in [0, 0.1) is 35.3 Å². The Morgan fingerprint density at radius 1 is 0.750 bits per heavy atom. The summed E-state index contributed by atoms with van der Waals surface area (Å²) in [4.78, 5) is 0. The molecule has 2 fully saturated rings. The molecule has 2 saturated carbocycles. The third kappa shape index (κ3) is 7.33. The minimum absolute atomic E-state index is 0.0469. The maximum Gasteiger partial charge on any atom is 0.200 e. The largest absolute Gasteiger partial charge is 0.490 e. The summed E-state index contributed by atoms with van der Waals surface area (Å²) in [6.07, 6.45) is 21.7. The maximum absolute atomic E-state index is 14.8. The van der Waals surface area contributed by atoms with Gasteiger partial charge in [-0.15, -0.1) is 0 Å². The molecule has 202 valence electrons. The lowest BCUT2D eigenvalue weighted by Crippen LogP contribution is -2.26. The van der Waals surface area contributed by atoms with Gasteiger partial charge in [-0.05, 0) is 93.6 Å². The maximum atomic E-state index is 14.8. The second-order valence-electron chi connectivity index (χ2n) is 11.7. The molecule has 36 heavy (non-hydrogen) atoms. The summed E-state index contributed by atoms with van der Waals surface area (Å²) in [5.41, 5.74) is 0.418. The molecular formula is C32H48F2O2.